The molecule has 0 radical (unpaired) electrons. The lowest BCUT2D eigenvalue weighted by molar-refractivity contribution is -0.117. The molecule has 9 nitrogen and oxygen atoms in total. The van der Waals surface area contributed by atoms with Crippen molar-refractivity contribution in [3.8, 4) is 34.3 Å². The van der Waals surface area contributed by atoms with Crippen LogP contribution in [0.15, 0.2) is 53.3 Å². The minimum absolute atomic E-state index is 0.279. The Labute approximate surface area is 179 Å². The average molecular weight is 425 g/mol. The highest BCUT2D eigenvalue weighted by atomic mass is 16.5. The van der Waals surface area contributed by atoms with E-state index in [0.717, 1.165) is 4.68 Å². The molecular weight excluding hydrogens is 402 g/mol. The first kappa shape index (κ1) is 21.7. The largest absolute Gasteiger partial charge is 0.496 e. The first-order chi connectivity index (χ1) is 15.0. The van der Waals surface area contributed by atoms with Crippen molar-refractivity contribution in [2.45, 2.75) is 6.54 Å². The van der Waals surface area contributed by atoms with Crippen LogP contribution in [0.5, 0.6) is 23.0 Å². The highest BCUT2D eigenvalue weighted by Gasteiger charge is 2.16. The number of nitrogens with one attached hydrogen (secondary N) is 1. The van der Waals surface area contributed by atoms with Crippen LogP contribution in [0.4, 0.5) is 5.69 Å². The lowest BCUT2D eigenvalue weighted by Crippen LogP contribution is -2.29. The van der Waals surface area contributed by atoms with E-state index in [0.29, 0.717) is 39.9 Å². The number of methoxy groups -OCH3 is 4. The van der Waals surface area contributed by atoms with Crippen molar-refractivity contribution in [2.24, 2.45) is 0 Å². The summed E-state index contributed by atoms with van der Waals surface area (Å²) in [4.78, 5) is 24.9. The molecule has 1 heterocycles. The minimum atomic E-state index is -0.443. The molecular formula is C22H23N3O6. The summed E-state index contributed by atoms with van der Waals surface area (Å²) in [6.07, 6.45) is 0. The fraction of sp³-hybridized carbons (Fsp3) is 0.227. The fourth-order valence-corrected chi connectivity index (χ4v) is 3.05. The van der Waals surface area contributed by atoms with E-state index < -0.39 is 11.5 Å². The van der Waals surface area contributed by atoms with Gasteiger partial charge in [0.05, 0.1) is 34.1 Å². The van der Waals surface area contributed by atoms with Crippen molar-refractivity contribution in [2.75, 3.05) is 33.8 Å². The molecule has 0 spiro atoms. The molecule has 0 saturated carbocycles. The van der Waals surface area contributed by atoms with Gasteiger partial charge in [0, 0.05) is 29.4 Å². The lowest BCUT2D eigenvalue weighted by Gasteiger charge is -2.15. The topological polar surface area (TPSA) is 101 Å². The zero-order valence-electron chi connectivity index (χ0n) is 17.7. The van der Waals surface area contributed by atoms with E-state index >= 15 is 0 Å². The van der Waals surface area contributed by atoms with Crippen LogP contribution in [0.2, 0.25) is 0 Å². The summed E-state index contributed by atoms with van der Waals surface area (Å²) >= 11 is 0. The number of carbonyl (C=O) groups excluding carboxylic acids is 1. The first-order valence-corrected chi connectivity index (χ1v) is 9.32. The second kappa shape index (κ2) is 9.66. The highest BCUT2D eigenvalue weighted by Crippen LogP contribution is 2.39. The monoisotopic (exact) mass is 425 g/mol. The first-order valence-electron chi connectivity index (χ1n) is 9.32. The van der Waals surface area contributed by atoms with Gasteiger partial charge in [-0.1, -0.05) is 12.1 Å². The molecule has 2 aromatic carbocycles. The predicted octanol–water partition coefficient (Wildman–Crippen LogP) is 2.58. The molecule has 0 aliphatic heterocycles. The smallest absolute Gasteiger partial charge is 0.267 e. The van der Waals surface area contributed by atoms with Crippen LogP contribution in [-0.2, 0) is 11.3 Å². The van der Waals surface area contributed by atoms with Crippen molar-refractivity contribution in [3.63, 3.8) is 0 Å². The maximum absolute atomic E-state index is 12.6. The van der Waals surface area contributed by atoms with Gasteiger partial charge in [-0.05, 0) is 18.2 Å². The number of hydrogen-bond acceptors (Lipinski definition) is 7. The van der Waals surface area contributed by atoms with Crippen molar-refractivity contribution in [1.29, 1.82) is 0 Å². The maximum atomic E-state index is 12.6. The Hall–Kier alpha value is -4.01. The fourth-order valence-electron chi connectivity index (χ4n) is 3.05. The van der Waals surface area contributed by atoms with Crippen molar-refractivity contribution in [3.05, 3.63) is 58.9 Å². The summed E-state index contributed by atoms with van der Waals surface area (Å²) in [5.74, 6) is 1.37. The van der Waals surface area contributed by atoms with Gasteiger partial charge in [-0.3, -0.25) is 9.59 Å². The Balaban J connectivity index is 1.85. The molecule has 0 saturated heterocycles. The minimum Gasteiger partial charge on any atom is -0.496 e. The van der Waals surface area contributed by atoms with Crippen LogP contribution in [0.3, 0.4) is 0 Å². The normalized spacial score (nSPS) is 10.3. The van der Waals surface area contributed by atoms with E-state index in [2.05, 4.69) is 10.4 Å². The van der Waals surface area contributed by atoms with Crippen LogP contribution < -0.4 is 29.8 Å². The van der Waals surface area contributed by atoms with Gasteiger partial charge in [0.2, 0.25) is 11.7 Å². The number of amides is 1. The third-order valence-corrected chi connectivity index (χ3v) is 4.49. The zero-order valence-corrected chi connectivity index (χ0v) is 17.7. The number of hydrogen-bond donors (Lipinski definition) is 1. The molecule has 0 bridgehead atoms. The summed E-state index contributed by atoms with van der Waals surface area (Å²) in [7, 11) is 6.01. The number of anilines is 1. The van der Waals surface area contributed by atoms with Crippen LogP contribution in [0, 0.1) is 0 Å². The van der Waals surface area contributed by atoms with Gasteiger partial charge in [-0.25, -0.2) is 4.68 Å². The molecule has 31 heavy (non-hydrogen) atoms. The molecule has 3 aromatic rings. The number of ether oxygens (including phenoxy) is 4. The van der Waals surface area contributed by atoms with E-state index in [-0.39, 0.29) is 6.54 Å². The van der Waals surface area contributed by atoms with Crippen LogP contribution in [0.25, 0.3) is 11.3 Å². The molecule has 0 aliphatic rings. The lowest BCUT2D eigenvalue weighted by atomic mass is 10.1. The predicted molar refractivity (Wildman–Crippen MR) is 115 cm³/mol. The van der Waals surface area contributed by atoms with Gasteiger partial charge in [0.15, 0.2) is 11.5 Å². The molecule has 162 valence electrons. The van der Waals surface area contributed by atoms with E-state index in [1.165, 1.54) is 27.4 Å². The maximum Gasteiger partial charge on any atom is 0.267 e. The Bertz CT molecular complexity index is 1120. The Morgan fingerprint density at radius 1 is 0.903 bits per heavy atom. The molecule has 1 aromatic heterocycles. The van der Waals surface area contributed by atoms with E-state index in [4.69, 9.17) is 18.9 Å². The third kappa shape index (κ3) is 4.77. The summed E-state index contributed by atoms with van der Waals surface area (Å²) < 4.78 is 22.3. The van der Waals surface area contributed by atoms with Crippen LogP contribution in [0.1, 0.15) is 0 Å². The Morgan fingerprint density at radius 2 is 1.55 bits per heavy atom. The van der Waals surface area contributed by atoms with Gasteiger partial charge in [-0.2, -0.15) is 5.10 Å². The van der Waals surface area contributed by atoms with Crippen LogP contribution >= 0.6 is 0 Å². The Morgan fingerprint density at radius 3 is 2.16 bits per heavy atom. The zero-order chi connectivity index (χ0) is 22.4. The van der Waals surface area contributed by atoms with Gasteiger partial charge in [-0.15, -0.1) is 0 Å². The summed E-state index contributed by atoms with van der Waals surface area (Å²) in [5, 5.41) is 7.04. The standard InChI is InChI=1S/C22H23N3O6/c1-28-17-8-6-5-7-15(17)16-9-10-21(27)25(24-16)13-20(26)23-14-11-18(29-2)22(31-4)19(12-14)30-3/h5-12H,13H2,1-4H3,(H,23,26). The quantitative estimate of drug-likeness (QED) is 0.592. The summed E-state index contributed by atoms with van der Waals surface area (Å²) in [5.41, 5.74) is 1.24. The highest BCUT2D eigenvalue weighted by molar-refractivity contribution is 5.91. The second-order valence-electron chi connectivity index (χ2n) is 6.38. The number of aromatic nitrogens is 2. The SMILES string of the molecule is COc1ccccc1-c1ccc(=O)n(CC(=O)Nc2cc(OC)c(OC)c(OC)c2)n1. The molecule has 0 atom stereocenters. The molecule has 9 heteroatoms. The molecule has 0 aliphatic carbocycles. The van der Waals surface area contributed by atoms with Gasteiger partial charge in [0.25, 0.3) is 5.56 Å². The third-order valence-electron chi connectivity index (χ3n) is 4.49. The second-order valence-corrected chi connectivity index (χ2v) is 6.38. The van der Waals surface area contributed by atoms with Gasteiger partial charge < -0.3 is 24.3 Å². The van der Waals surface area contributed by atoms with Crippen molar-refractivity contribution in [1.82, 2.24) is 9.78 Å². The van der Waals surface area contributed by atoms with Crippen molar-refractivity contribution >= 4 is 11.6 Å². The van der Waals surface area contributed by atoms with E-state index in [9.17, 15) is 9.59 Å². The molecule has 1 N–H and O–H groups in total. The Kier molecular flexibility index (Phi) is 6.76. The molecule has 3 rings (SSSR count). The summed E-state index contributed by atoms with van der Waals surface area (Å²) in [6, 6.07) is 13.4. The number of rotatable bonds is 8. The van der Waals surface area contributed by atoms with Crippen molar-refractivity contribution < 1.29 is 23.7 Å². The van der Waals surface area contributed by atoms with Crippen LogP contribution in [-0.4, -0.2) is 44.1 Å². The number of carbonyl (C=O) groups is 1. The summed E-state index contributed by atoms with van der Waals surface area (Å²) in [6.45, 7) is -0.279. The van der Waals surface area contributed by atoms with Gasteiger partial charge in [0.1, 0.15) is 12.3 Å². The number of benzene rings is 2. The average Bonchev–Trinajstić information content (AvgIpc) is 2.79. The molecule has 1 amide bonds. The number of nitrogens with zero attached hydrogens (tertiary/aromatic N) is 2. The number of para-hydroxylation sites is 1. The molecule has 0 fully saturated rings. The van der Waals surface area contributed by atoms with Gasteiger partial charge >= 0.3 is 0 Å². The van der Waals surface area contributed by atoms with E-state index in [1.807, 2.05) is 18.2 Å². The van der Waals surface area contributed by atoms with E-state index in [1.54, 1.807) is 31.4 Å². The molecule has 0 unspecified atom stereocenters.